The van der Waals surface area contributed by atoms with Crippen molar-refractivity contribution in [1.29, 1.82) is 0 Å². The summed E-state index contributed by atoms with van der Waals surface area (Å²) in [6.45, 7) is 2.11. The van der Waals surface area contributed by atoms with Crippen LogP contribution >= 0.6 is 0 Å². The van der Waals surface area contributed by atoms with Crippen LogP contribution in [0.5, 0.6) is 0 Å². The number of benzene rings is 1. The molecule has 0 unspecified atom stereocenters. The Morgan fingerprint density at radius 1 is 1.32 bits per heavy atom. The number of aromatic amines is 1. The fourth-order valence-electron chi connectivity index (χ4n) is 2.52. The Morgan fingerprint density at radius 3 is 2.84 bits per heavy atom. The van der Waals surface area contributed by atoms with Gasteiger partial charge in [-0.3, -0.25) is 9.89 Å². The molecule has 0 fully saturated rings. The van der Waals surface area contributed by atoms with E-state index in [1.54, 1.807) is 0 Å². The first-order valence-corrected chi connectivity index (χ1v) is 6.74. The van der Waals surface area contributed by atoms with Gasteiger partial charge in [-0.1, -0.05) is 19.1 Å². The smallest absolute Gasteiger partial charge is 0.276 e. The maximum atomic E-state index is 12.2. The minimum Gasteiger partial charge on any atom is -0.321 e. The van der Waals surface area contributed by atoms with Crippen LogP contribution in [0.1, 0.15) is 40.7 Å². The minimum atomic E-state index is -0.122. The van der Waals surface area contributed by atoms with E-state index in [4.69, 9.17) is 0 Å². The second-order valence-electron chi connectivity index (χ2n) is 4.89. The normalized spacial score (nSPS) is 13.3. The van der Waals surface area contributed by atoms with Crippen LogP contribution in [0.15, 0.2) is 24.3 Å². The number of carbonyl (C=O) groups excluding carboxylic acids is 1. The van der Waals surface area contributed by atoms with E-state index in [1.165, 1.54) is 5.56 Å². The molecule has 1 aromatic carbocycles. The number of aromatic nitrogens is 2. The lowest BCUT2D eigenvalue weighted by molar-refractivity contribution is 0.102. The summed E-state index contributed by atoms with van der Waals surface area (Å²) in [6, 6.07) is 7.93. The third-order valence-electron chi connectivity index (χ3n) is 3.64. The quantitative estimate of drug-likeness (QED) is 0.886. The second-order valence-corrected chi connectivity index (χ2v) is 4.89. The summed E-state index contributed by atoms with van der Waals surface area (Å²) in [4.78, 5) is 12.2. The highest BCUT2D eigenvalue weighted by atomic mass is 16.1. The van der Waals surface area contributed by atoms with Crippen molar-refractivity contribution in [2.24, 2.45) is 0 Å². The first-order chi connectivity index (χ1) is 9.28. The lowest BCUT2D eigenvalue weighted by Crippen LogP contribution is -2.14. The van der Waals surface area contributed by atoms with Gasteiger partial charge in [0.05, 0.1) is 0 Å². The molecule has 19 heavy (non-hydrogen) atoms. The number of fused-ring (bicyclic) bond motifs is 1. The van der Waals surface area contributed by atoms with Gasteiger partial charge in [0.2, 0.25) is 0 Å². The van der Waals surface area contributed by atoms with Crippen LogP contribution in [0.25, 0.3) is 0 Å². The highest BCUT2D eigenvalue weighted by molar-refractivity contribution is 6.04. The molecule has 0 saturated heterocycles. The fourth-order valence-corrected chi connectivity index (χ4v) is 2.52. The van der Waals surface area contributed by atoms with E-state index in [0.717, 1.165) is 42.6 Å². The van der Waals surface area contributed by atoms with Gasteiger partial charge in [0.1, 0.15) is 0 Å². The zero-order valence-corrected chi connectivity index (χ0v) is 11.0. The highest BCUT2D eigenvalue weighted by Gasteiger charge is 2.22. The predicted octanol–water partition coefficient (Wildman–Crippen LogP) is 2.71. The number of aryl methyl sites for hydroxylation is 2. The Balaban J connectivity index is 1.77. The van der Waals surface area contributed by atoms with Crippen LogP contribution in [0.3, 0.4) is 0 Å². The van der Waals surface area contributed by atoms with Crippen molar-refractivity contribution in [3.05, 3.63) is 46.8 Å². The number of nitrogens with zero attached hydrogens (tertiary/aromatic N) is 1. The predicted molar refractivity (Wildman–Crippen MR) is 74.4 cm³/mol. The van der Waals surface area contributed by atoms with Gasteiger partial charge in [0.25, 0.3) is 5.91 Å². The lowest BCUT2D eigenvalue weighted by atomic mass is 10.1. The first-order valence-electron chi connectivity index (χ1n) is 6.74. The molecule has 3 rings (SSSR count). The Bertz CT molecular complexity index is 598. The number of hydrogen-bond donors (Lipinski definition) is 2. The molecule has 0 spiro atoms. The summed E-state index contributed by atoms with van der Waals surface area (Å²) in [5.74, 6) is -0.122. The molecule has 98 valence electrons. The van der Waals surface area contributed by atoms with Gasteiger partial charge in [-0.25, -0.2) is 0 Å². The van der Waals surface area contributed by atoms with Crippen molar-refractivity contribution in [2.75, 3.05) is 5.32 Å². The van der Waals surface area contributed by atoms with Gasteiger partial charge in [-0.2, -0.15) is 5.10 Å². The maximum Gasteiger partial charge on any atom is 0.276 e. The van der Waals surface area contributed by atoms with Crippen LogP contribution in [-0.2, 0) is 19.3 Å². The van der Waals surface area contributed by atoms with Crippen LogP contribution in [0.4, 0.5) is 5.69 Å². The summed E-state index contributed by atoms with van der Waals surface area (Å²) in [7, 11) is 0. The van der Waals surface area contributed by atoms with Crippen molar-refractivity contribution in [3.63, 3.8) is 0 Å². The summed E-state index contributed by atoms with van der Waals surface area (Å²) in [5, 5.41) is 9.99. The number of H-pyrrole nitrogens is 1. The van der Waals surface area contributed by atoms with Gasteiger partial charge in [0, 0.05) is 16.9 Å². The van der Waals surface area contributed by atoms with Crippen molar-refractivity contribution in [3.8, 4) is 0 Å². The molecule has 1 amide bonds. The van der Waals surface area contributed by atoms with Crippen LogP contribution in [0.2, 0.25) is 0 Å². The molecule has 0 aliphatic heterocycles. The molecule has 1 aliphatic rings. The average Bonchev–Trinajstić information content (AvgIpc) is 3.01. The number of rotatable bonds is 3. The van der Waals surface area contributed by atoms with Gasteiger partial charge in [0.15, 0.2) is 5.69 Å². The molecule has 1 heterocycles. The monoisotopic (exact) mass is 255 g/mol. The molecule has 0 radical (unpaired) electrons. The number of carbonyl (C=O) groups is 1. The van der Waals surface area contributed by atoms with Gasteiger partial charge in [-0.15, -0.1) is 0 Å². The third kappa shape index (κ3) is 2.26. The lowest BCUT2D eigenvalue weighted by Gasteiger charge is -2.05. The van der Waals surface area contributed by atoms with E-state index < -0.39 is 0 Å². The Labute approximate surface area is 112 Å². The fraction of sp³-hybridized carbons (Fsp3) is 0.333. The third-order valence-corrected chi connectivity index (χ3v) is 3.64. The van der Waals surface area contributed by atoms with Crippen molar-refractivity contribution >= 4 is 11.6 Å². The van der Waals surface area contributed by atoms with Crippen LogP contribution in [0, 0.1) is 0 Å². The summed E-state index contributed by atoms with van der Waals surface area (Å²) >= 11 is 0. The number of hydrogen-bond acceptors (Lipinski definition) is 2. The van der Waals surface area contributed by atoms with Gasteiger partial charge < -0.3 is 5.32 Å². The highest BCUT2D eigenvalue weighted by Crippen LogP contribution is 2.23. The Kier molecular flexibility index (Phi) is 3.07. The molecule has 0 atom stereocenters. The van der Waals surface area contributed by atoms with E-state index >= 15 is 0 Å². The number of anilines is 1. The maximum absolute atomic E-state index is 12.2. The molecule has 4 nitrogen and oxygen atoms in total. The summed E-state index contributed by atoms with van der Waals surface area (Å²) in [5.41, 5.74) is 4.83. The molecule has 0 bridgehead atoms. The average molecular weight is 255 g/mol. The molecular formula is C15H17N3O. The van der Waals surface area contributed by atoms with Crippen molar-refractivity contribution in [1.82, 2.24) is 10.2 Å². The second kappa shape index (κ2) is 4.88. The van der Waals surface area contributed by atoms with Gasteiger partial charge >= 0.3 is 0 Å². The first kappa shape index (κ1) is 12.0. The molecule has 1 aliphatic carbocycles. The van der Waals surface area contributed by atoms with Gasteiger partial charge in [-0.05, 0) is 43.4 Å². The standard InChI is InChI=1S/C15H17N3O/c1-2-10-6-8-11(9-7-10)16-15(19)14-12-4-3-5-13(12)17-18-14/h6-9H,2-5H2,1H3,(H,16,19)(H,17,18). The van der Waals surface area contributed by atoms with E-state index in [9.17, 15) is 4.79 Å². The molecule has 1 aromatic heterocycles. The zero-order valence-electron chi connectivity index (χ0n) is 11.0. The Hall–Kier alpha value is -2.10. The topological polar surface area (TPSA) is 57.8 Å². The van der Waals surface area contributed by atoms with Crippen LogP contribution in [-0.4, -0.2) is 16.1 Å². The zero-order chi connectivity index (χ0) is 13.2. The van der Waals surface area contributed by atoms with Crippen molar-refractivity contribution < 1.29 is 4.79 Å². The molecule has 0 saturated carbocycles. The largest absolute Gasteiger partial charge is 0.321 e. The number of amides is 1. The van der Waals surface area contributed by atoms with E-state index in [1.807, 2.05) is 24.3 Å². The number of nitrogens with one attached hydrogen (secondary N) is 2. The molecule has 2 aromatic rings. The van der Waals surface area contributed by atoms with Crippen LogP contribution < -0.4 is 5.32 Å². The summed E-state index contributed by atoms with van der Waals surface area (Å²) in [6.07, 6.45) is 4.06. The van der Waals surface area contributed by atoms with Crippen molar-refractivity contribution in [2.45, 2.75) is 32.6 Å². The molecule has 4 heteroatoms. The SMILES string of the molecule is CCc1ccc(NC(=O)c2n[nH]c3c2CCC3)cc1. The molecule has 2 N–H and O–H groups in total. The van der Waals surface area contributed by atoms with E-state index in [0.29, 0.717) is 5.69 Å². The van der Waals surface area contributed by atoms with E-state index in [2.05, 4.69) is 22.4 Å². The molecular weight excluding hydrogens is 238 g/mol. The van der Waals surface area contributed by atoms with E-state index in [-0.39, 0.29) is 5.91 Å². The Morgan fingerprint density at radius 2 is 2.11 bits per heavy atom. The minimum absolute atomic E-state index is 0.122. The summed E-state index contributed by atoms with van der Waals surface area (Å²) < 4.78 is 0.